The summed E-state index contributed by atoms with van der Waals surface area (Å²) in [6, 6.07) is 18.8. The van der Waals surface area contributed by atoms with E-state index in [4.69, 9.17) is 0 Å². The highest BCUT2D eigenvalue weighted by molar-refractivity contribution is 7.09. The van der Waals surface area contributed by atoms with E-state index < -0.39 is 5.69 Å². The van der Waals surface area contributed by atoms with E-state index in [1.807, 2.05) is 41.8 Å². The van der Waals surface area contributed by atoms with Crippen molar-refractivity contribution in [3.63, 3.8) is 0 Å². The first-order valence-electron chi connectivity index (χ1n) is 10.3. The van der Waals surface area contributed by atoms with Crippen LogP contribution in [0.4, 0.5) is 5.69 Å². The number of carbonyl (C=O) groups excluding carboxylic acids is 1. The topological polar surface area (TPSA) is 64.3 Å². The number of anilines is 1. The molecule has 0 saturated heterocycles. The molecule has 0 aliphatic carbocycles. The van der Waals surface area contributed by atoms with Crippen LogP contribution in [0.3, 0.4) is 0 Å². The fourth-order valence-corrected chi connectivity index (χ4v) is 4.91. The Kier molecular flexibility index (Phi) is 5.03. The highest BCUT2D eigenvalue weighted by atomic mass is 32.1. The average Bonchev–Trinajstić information content (AvgIpc) is 3.46. The number of aromatic nitrogens is 2. The van der Waals surface area contributed by atoms with Crippen molar-refractivity contribution < 1.29 is 4.79 Å². The van der Waals surface area contributed by atoms with Gasteiger partial charge in [0.15, 0.2) is 0 Å². The molecule has 0 spiro atoms. The van der Waals surface area contributed by atoms with Gasteiger partial charge in [0, 0.05) is 23.7 Å². The monoisotopic (exact) mass is 431 g/mol. The number of rotatable bonds is 5. The van der Waals surface area contributed by atoms with Crippen LogP contribution in [-0.4, -0.2) is 21.6 Å². The van der Waals surface area contributed by atoms with Crippen molar-refractivity contribution in [2.24, 2.45) is 0 Å². The zero-order chi connectivity index (χ0) is 21.4. The van der Waals surface area contributed by atoms with Crippen LogP contribution in [0.15, 0.2) is 75.6 Å². The van der Waals surface area contributed by atoms with Crippen molar-refractivity contribution in [1.29, 1.82) is 0 Å². The lowest BCUT2D eigenvalue weighted by Gasteiger charge is -2.19. The van der Waals surface area contributed by atoms with Crippen LogP contribution in [0.25, 0.3) is 10.9 Å². The van der Waals surface area contributed by atoms with Crippen molar-refractivity contribution in [3.8, 4) is 0 Å². The second-order valence-electron chi connectivity index (χ2n) is 7.60. The summed E-state index contributed by atoms with van der Waals surface area (Å²) in [5.74, 6) is -0.152. The van der Waals surface area contributed by atoms with E-state index in [-0.39, 0.29) is 24.6 Å². The van der Waals surface area contributed by atoms with Gasteiger partial charge in [-0.15, -0.1) is 11.3 Å². The second kappa shape index (κ2) is 8.00. The van der Waals surface area contributed by atoms with Gasteiger partial charge >= 0.3 is 5.69 Å². The normalized spacial score (nSPS) is 13.0. The predicted octanol–water partition coefficient (Wildman–Crippen LogP) is 3.06. The number of thiophene rings is 1. The third kappa shape index (κ3) is 3.51. The molecule has 4 aromatic rings. The van der Waals surface area contributed by atoms with E-state index >= 15 is 0 Å². The number of amides is 1. The molecule has 0 unspecified atom stereocenters. The third-order valence-electron chi connectivity index (χ3n) is 5.78. The van der Waals surface area contributed by atoms with Crippen LogP contribution in [-0.2, 0) is 30.7 Å². The molecule has 3 heterocycles. The van der Waals surface area contributed by atoms with Gasteiger partial charge in [-0.1, -0.05) is 36.4 Å². The molecular weight excluding hydrogens is 410 g/mol. The number of fused-ring (bicyclic) bond motifs is 2. The summed E-state index contributed by atoms with van der Waals surface area (Å²) >= 11 is 1.60. The molecule has 0 saturated carbocycles. The maximum Gasteiger partial charge on any atom is 0.331 e. The van der Waals surface area contributed by atoms with Crippen molar-refractivity contribution >= 4 is 33.8 Å². The van der Waals surface area contributed by atoms with Crippen LogP contribution in [0, 0.1) is 0 Å². The van der Waals surface area contributed by atoms with Gasteiger partial charge in [0.25, 0.3) is 5.56 Å². The Labute approximate surface area is 182 Å². The lowest BCUT2D eigenvalue weighted by atomic mass is 10.2. The highest BCUT2D eigenvalue weighted by Gasteiger charge is 2.25. The molecule has 156 valence electrons. The molecule has 6 nitrogen and oxygen atoms in total. The maximum absolute atomic E-state index is 13.3. The zero-order valence-electron chi connectivity index (χ0n) is 16.9. The molecule has 7 heteroatoms. The first-order valence-corrected chi connectivity index (χ1v) is 11.1. The molecule has 0 bridgehead atoms. The quantitative estimate of drug-likeness (QED) is 0.488. The molecule has 0 radical (unpaired) electrons. The number of benzene rings is 2. The third-order valence-corrected chi connectivity index (χ3v) is 6.71. The Bertz CT molecular complexity index is 1390. The summed E-state index contributed by atoms with van der Waals surface area (Å²) in [7, 11) is 0. The summed E-state index contributed by atoms with van der Waals surface area (Å²) < 4.78 is 2.70. The molecule has 31 heavy (non-hydrogen) atoms. The molecular formula is C24H21N3O3S. The van der Waals surface area contributed by atoms with E-state index in [2.05, 4.69) is 0 Å². The van der Waals surface area contributed by atoms with Gasteiger partial charge in [0.1, 0.15) is 6.54 Å². The van der Waals surface area contributed by atoms with Gasteiger partial charge in [-0.05, 0) is 48.1 Å². The number of aryl methyl sites for hydroxylation is 1. The van der Waals surface area contributed by atoms with Gasteiger partial charge in [0.2, 0.25) is 5.91 Å². The minimum absolute atomic E-state index is 0.104. The van der Waals surface area contributed by atoms with Crippen LogP contribution in [0.1, 0.15) is 10.4 Å². The van der Waals surface area contributed by atoms with E-state index in [1.54, 1.807) is 40.5 Å². The first-order chi connectivity index (χ1) is 15.1. The first kappa shape index (κ1) is 19.5. The van der Waals surface area contributed by atoms with Crippen molar-refractivity contribution in [2.45, 2.75) is 25.9 Å². The molecule has 2 aromatic heterocycles. The Morgan fingerprint density at radius 2 is 1.74 bits per heavy atom. The van der Waals surface area contributed by atoms with Crippen molar-refractivity contribution in [3.05, 3.63) is 97.3 Å². The van der Waals surface area contributed by atoms with E-state index in [0.717, 1.165) is 22.5 Å². The number of carbonyl (C=O) groups is 1. The number of hydrogen-bond donors (Lipinski definition) is 0. The fraction of sp³-hybridized carbons (Fsp3) is 0.208. The molecule has 1 amide bonds. The summed E-state index contributed by atoms with van der Waals surface area (Å²) in [5.41, 5.74) is 1.77. The molecule has 5 rings (SSSR count). The number of para-hydroxylation sites is 2. The molecule has 2 aromatic carbocycles. The Morgan fingerprint density at radius 3 is 2.58 bits per heavy atom. The van der Waals surface area contributed by atoms with Gasteiger partial charge in [-0.25, -0.2) is 4.79 Å². The molecule has 0 atom stereocenters. The molecule has 1 aliphatic rings. The van der Waals surface area contributed by atoms with Crippen LogP contribution >= 0.6 is 11.3 Å². The minimum atomic E-state index is -0.443. The number of hydrogen-bond acceptors (Lipinski definition) is 4. The van der Waals surface area contributed by atoms with Crippen LogP contribution in [0.2, 0.25) is 0 Å². The summed E-state index contributed by atoms with van der Waals surface area (Å²) in [5, 5.41) is 2.42. The van der Waals surface area contributed by atoms with Gasteiger partial charge < -0.3 is 4.90 Å². The predicted molar refractivity (Wildman–Crippen MR) is 123 cm³/mol. The second-order valence-corrected chi connectivity index (χ2v) is 8.63. The lowest BCUT2D eigenvalue weighted by Crippen LogP contribution is -2.43. The summed E-state index contributed by atoms with van der Waals surface area (Å²) in [6.07, 6.45) is 1.40. The smallest absolute Gasteiger partial charge is 0.310 e. The highest BCUT2D eigenvalue weighted by Crippen LogP contribution is 2.27. The fourth-order valence-electron chi connectivity index (χ4n) is 4.22. The summed E-state index contributed by atoms with van der Waals surface area (Å²) in [6.45, 7) is 0.777. The Balaban J connectivity index is 1.54. The molecule has 0 N–H and O–H groups in total. The van der Waals surface area contributed by atoms with Gasteiger partial charge in [-0.2, -0.15) is 0 Å². The Hall–Kier alpha value is -3.45. The van der Waals surface area contributed by atoms with Crippen molar-refractivity contribution in [2.75, 3.05) is 11.4 Å². The van der Waals surface area contributed by atoms with E-state index in [1.165, 1.54) is 9.13 Å². The van der Waals surface area contributed by atoms with Gasteiger partial charge in [0.05, 0.1) is 10.9 Å². The average molecular weight is 432 g/mol. The largest absolute Gasteiger partial charge is 0.331 e. The summed E-state index contributed by atoms with van der Waals surface area (Å²) in [4.78, 5) is 42.4. The number of nitrogens with zero attached hydrogens (tertiary/aromatic N) is 3. The van der Waals surface area contributed by atoms with E-state index in [0.29, 0.717) is 23.9 Å². The van der Waals surface area contributed by atoms with Crippen LogP contribution in [0.5, 0.6) is 0 Å². The Morgan fingerprint density at radius 1 is 0.935 bits per heavy atom. The minimum Gasteiger partial charge on any atom is -0.310 e. The standard InChI is InChI=1S/C24H21N3O3S/c28-22(25-13-11-17-6-1-3-9-20(17)25)16-27-21-10-4-2-8-19(21)23(29)26(24(27)30)14-12-18-7-5-15-31-18/h1-10,15H,11-14,16H2. The lowest BCUT2D eigenvalue weighted by molar-refractivity contribution is -0.119. The van der Waals surface area contributed by atoms with Crippen molar-refractivity contribution in [1.82, 2.24) is 9.13 Å². The van der Waals surface area contributed by atoms with E-state index in [9.17, 15) is 14.4 Å². The SMILES string of the molecule is O=C(Cn1c(=O)n(CCc2cccs2)c(=O)c2ccccc21)N1CCc2ccccc21. The molecule has 0 fully saturated rings. The maximum atomic E-state index is 13.3. The van der Waals surface area contributed by atoms with Crippen LogP contribution < -0.4 is 16.1 Å². The molecule has 1 aliphatic heterocycles. The zero-order valence-corrected chi connectivity index (χ0v) is 17.7. The van der Waals surface area contributed by atoms with Gasteiger partial charge in [-0.3, -0.25) is 18.7 Å².